The van der Waals surface area contributed by atoms with Crippen molar-refractivity contribution in [2.45, 2.75) is 26.7 Å². The molecular weight excluding hydrogens is 332 g/mol. The van der Waals surface area contributed by atoms with Crippen LogP contribution < -0.4 is 10.4 Å². The normalized spacial score (nSPS) is 10.6. The van der Waals surface area contributed by atoms with E-state index in [1.54, 1.807) is 19.1 Å². The fourth-order valence-electron chi connectivity index (χ4n) is 2.38. The van der Waals surface area contributed by atoms with Crippen LogP contribution in [0.15, 0.2) is 39.0 Å². The van der Waals surface area contributed by atoms with Crippen molar-refractivity contribution in [3.63, 3.8) is 0 Å². The zero-order valence-electron chi connectivity index (χ0n) is 13.7. The molecule has 128 valence electrons. The minimum absolute atomic E-state index is 0.143. The van der Waals surface area contributed by atoms with Crippen LogP contribution >= 0.6 is 11.6 Å². The summed E-state index contributed by atoms with van der Waals surface area (Å²) in [5.41, 5.74) is 1.25. The van der Waals surface area contributed by atoms with Gasteiger partial charge in [-0.3, -0.25) is 4.79 Å². The number of halogens is 1. The lowest BCUT2D eigenvalue weighted by Gasteiger charge is -2.09. The molecule has 24 heavy (non-hydrogen) atoms. The molecule has 0 aliphatic heterocycles. The zero-order valence-corrected chi connectivity index (χ0v) is 14.4. The quantitative estimate of drug-likeness (QED) is 0.562. The number of hydrogen-bond acceptors (Lipinski definition) is 5. The second kappa shape index (κ2) is 8.02. The first-order valence-electron chi connectivity index (χ1n) is 7.60. The lowest BCUT2D eigenvalue weighted by Crippen LogP contribution is -2.13. The van der Waals surface area contributed by atoms with Crippen molar-refractivity contribution in [2.75, 3.05) is 13.2 Å². The molecule has 1 aromatic carbocycles. The Morgan fingerprint density at radius 2 is 2.12 bits per heavy atom. The van der Waals surface area contributed by atoms with Crippen LogP contribution in [0, 0.1) is 6.92 Å². The fraction of sp³-hybridized carbons (Fsp3) is 0.333. The molecule has 0 saturated heterocycles. The monoisotopic (exact) mass is 350 g/mol. The van der Waals surface area contributed by atoms with Crippen molar-refractivity contribution < 1.29 is 18.7 Å². The molecular formula is C18H19ClO5. The maximum atomic E-state index is 12.2. The van der Waals surface area contributed by atoms with Crippen LogP contribution in [0.5, 0.6) is 5.75 Å². The summed E-state index contributed by atoms with van der Waals surface area (Å²) in [4.78, 5) is 23.7. The van der Waals surface area contributed by atoms with E-state index in [1.807, 2.05) is 13.0 Å². The lowest BCUT2D eigenvalue weighted by molar-refractivity contribution is -0.143. The number of benzene rings is 1. The Morgan fingerprint density at radius 3 is 2.79 bits per heavy atom. The third-order valence-corrected chi connectivity index (χ3v) is 3.65. The highest BCUT2D eigenvalue weighted by molar-refractivity contribution is 6.29. The van der Waals surface area contributed by atoms with Crippen LogP contribution in [0.3, 0.4) is 0 Å². The third kappa shape index (κ3) is 4.38. The number of hydrogen-bond donors (Lipinski definition) is 0. The molecule has 0 N–H and O–H groups in total. The summed E-state index contributed by atoms with van der Waals surface area (Å²) in [6.45, 7) is 7.62. The van der Waals surface area contributed by atoms with Crippen molar-refractivity contribution >= 4 is 28.5 Å². The van der Waals surface area contributed by atoms with Crippen molar-refractivity contribution in [3.05, 3.63) is 51.4 Å². The maximum absolute atomic E-state index is 12.2. The predicted octanol–water partition coefficient (Wildman–Crippen LogP) is 3.73. The van der Waals surface area contributed by atoms with E-state index < -0.39 is 5.63 Å². The molecule has 0 amide bonds. The minimum atomic E-state index is -0.455. The Balaban J connectivity index is 2.29. The number of ether oxygens (including phenoxy) is 2. The van der Waals surface area contributed by atoms with E-state index in [-0.39, 0.29) is 25.4 Å². The average Bonchev–Trinajstić information content (AvgIpc) is 2.52. The predicted molar refractivity (Wildman–Crippen MR) is 92.7 cm³/mol. The number of esters is 1. The first kappa shape index (κ1) is 18.1. The van der Waals surface area contributed by atoms with Gasteiger partial charge in [0.05, 0.1) is 6.61 Å². The van der Waals surface area contributed by atoms with Crippen LogP contribution in [-0.4, -0.2) is 19.2 Å². The van der Waals surface area contributed by atoms with E-state index in [2.05, 4.69) is 6.58 Å². The summed E-state index contributed by atoms with van der Waals surface area (Å²) in [6, 6.07) is 5.22. The van der Waals surface area contributed by atoms with Gasteiger partial charge in [0.15, 0.2) is 0 Å². The second-order valence-electron chi connectivity index (χ2n) is 5.26. The summed E-state index contributed by atoms with van der Waals surface area (Å²) < 4.78 is 15.7. The molecule has 5 nitrogen and oxygen atoms in total. The van der Waals surface area contributed by atoms with Gasteiger partial charge in [-0.1, -0.05) is 18.2 Å². The Morgan fingerprint density at radius 1 is 1.38 bits per heavy atom. The Hall–Kier alpha value is -2.27. The Labute approximate surface area is 144 Å². The van der Waals surface area contributed by atoms with Crippen molar-refractivity contribution in [2.24, 2.45) is 0 Å². The smallest absolute Gasteiger partial charge is 0.339 e. The molecule has 2 rings (SSSR count). The van der Waals surface area contributed by atoms with Crippen molar-refractivity contribution in [1.29, 1.82) is 0 Å². The van der Waals surface area contributed by atoms with Gasteiger partial charge in [0.1, 0.15) is 17.9 Å². The van der Waals surface area contributed by atoms with E-state index in [0.717, 1.165) is 10.9 Å². The molecule has 0 bridgehead atoms. The first-order chi connectivity index (χ1) is 11.4. The van der Waals surface area contributed by atoms with Gasteiger partial charge in [-0.15, -0.1) is 0 Å². The van der Waals surface area contributed by atoms with Crippen LogP contribution in [0.2, 0.25) is 0 Å². The van der Waals surface area contributed by atoms with Gasteiger partial charge >= 0.3 is 11.6 Å². The highest BCUT2D eigenvalue weighted by Crippen LogP contribution is 2.25. The van der Waals surface area contributed by atoms with Gasteiger partial charge in [0.25, 0.3) is 0 Å². The largest absolute Gasteiger partial charge is 0.488 e. The molecule has 0 aliphatic carbocycles. The summed E-state index contributed by atoms with van der Waals surface area (Å²) >= 11 is 5.67. The molecule has 1 heterocycles. The maximum Gasteiger partial charge on any atom is 0.339 e. The second-order valence-corrected chi connectivity index (χ2v) is 5.80. The van der Waals surface area contributed by atoms with Gasteiger partial charge in [0, 0.05) is 28.5 Å². The summed E-state index contributed by atoms with van der Waals surface area (Å²) in [5.74, 6) is 0.201. The molecule has 0 aliphatic rings. The number of carbonyl (C=O) groups excluding carboxylic acids is 1. The van der Waals surface area contributed by atoms with Crippen molar-refractivity contribution in [3.8, 4) is 5.75 Å². The zero-order chi connectivity index (χ0) is 17.7. The number of fused-ring (bicyclic) bond motifs is 1. The Kier molecular flexibility index (Phi) is 6.04. The molecule has 0 unspecified atom stereocenters. The van der Waals surface area contributed by atoms with E-state index in [4.69, 9.17) is 25.5 Å². The molecule has 0 saturated carbocycles. The number of carbonyl (C=O) groups is 1. The molecule has 2 aromatic rings. The topological polar surface area (TPSA) is 65.7 Å². The fourth-order valence-corrected chi connectivity index (χ4v) is 2.43. The highest BCUT2D eigenvalue weighted by Gasteiger charge is 2.14. The highest BCUT2D eigenvalue weighted by atomic mass is 35.5. The summed E-state index contributed by atoms with van der Waals surface area (Å²) in [5, 5.41) is 1.17. The summed E-state index contributed by atoms with van der Waals surface area (Å²) in [6.07, 6.45) is 0.428. The average molecular weight is 351 g/mol. The van der Waals surface area contributed by atoms with Crippen molar-refractivity contribution in [1.82, 2.24) is 0 Å². The third-order valence-electron chi connectivity index (χ3n) is 3.54. The van der Waals surface area contributed by atoms with Gasteiger partial charge in [-0.05, 0) is 38.0 Å². The van der Waals surface area contributed by atoms with Crippen LogP contribution in [0.1, 0.15) is 24.5 Å². The molecule has 0 radical (unpaired) electrons. The number of aryl methyl sites for hydroxylation is 1. The summed E-state index contributed by atoms with van der Waals surface area (Å²) in [7, 11) is 0. The lowest BCUT2D eigenvalue weighted by atomic mass is 10.0. The SMILES string of the molecule is C=C(Cl)COc1ccc2c(C)c(CCC(=O)OCC)c(=O)oc2c1. The van der Waals surface area contributed by atoms with E-state index in [1.165, 1.54) is 0 Å². The van der Waals surface area contributed by atoms with Gasteiger partial charge in [-0.25, -0.2) is 4.79 Å². The minimum Gasteiger partial charge on any atom is -0.488 e. The van der Waals surface area contributed by atoms with Gasteiger partial charge in [0.2, 0.25) is 0 Å². The molecule has 6 heteroatoms. The van der Waals surface area contributed by atoms with Crippen LogP contribution in [-0.2, 0) is 16.0 Å². The standard InChI is InChI=1S/C18H19ClO5/c1-4-22-17(20)8-7-15-12(3)14-6-5-13(23-10-11(2)19)9-16(14)24-18(15)21/h5-6,9H,2,4,7-8,10H2,1,3H3. The van der Waals surface area contributed by atoms with E-state index in [0.29, 0.717) is 28.5 Å². The molecule has 1 aromatic heterocycles. The van der Waals surface area contributed by atoms with E-state index >= 15 is 0 Å². The molecule has 0 fully saturated rings. The van der Waals surface area contributed by atoms with Gasteiger partial charge in [-0.2, -0.15) is 0 Å². The Bertz CT molecular complexity index is 822. The van der Waals surface area contributed by atoms with Gasteiger partial charge < -0.3 is 13.9 Å². The molecule has 0 atom stereocenters. The van der Waals surface area contributed by atoms with Crippen LogP contribution in [0.25, 0.3) is 11.0 Å². The first-order valence-corrected chi connectivity index (χ1v) is 7.98. The van der Waals surface area contributed by atoms with E-state index in [9.17, 15) is 9.59 Å². The van der Waals surface area contributed by atoms with Crippen LogP contribution in [0.4, 0.5) is 0 Å². The molecule has 0 spiro atoms. The number of rotatable bonds is 7.